The van der Waals surface area contributed by atoms with Crippen LogP contribution in [0.2, 0.25) is 0 Å². The van der Waals surface area contributed by atoms with Gasteiger partial charge in [0.2, 0.25) is 0 Å². The Balaban J connectivity index is 1.88. The summed E-state index contributed by atoms with van der Waals surface area (Å²) in [5.74, 6) is 7.45. The Kier molecular flexibility index (Phi) is 6.38. The van der Waals surface area contributed by atoms with E-state index in [1.165, 1.54) is 51.4 Å². The minimum atomic E-state index is -0.787. The summed E-state index contributed by atoms with van der Waals surface area (Å²) >= 11 is 0. The van der Waals surface area contributed by atoms with Crippen LogP contribution in [0.1, 0.15) is 82.6 Å². The van der Waals surface area contributed by atoms with Gasteiger partial charge in [-0.05, 0) is 49.7 Å². The molecule has 0 atom stereocenters. The molecule has 1 aromatic rings. The number of rotatable bonds is 2. The summed E-state index contributed by atoms with van der Waals surface area (Å²) in [6, 6.07) is 10.2. The fourth-order valence-corrected chi connectivity index (χ4v) is 4.67. The van der Waals surface area contributed by atoms with E-state index in [0.717, 1.165) is 31.2 Å². The predicted octanol–water partition coefficient (Wildman–Crippen LogP) is 5.71. The SMILES string of the molecule is OC(C#Cc1ccccc1)(C1CCCCCC1)C1CCCCCC1. The third-order valence-electron chi connectivity index (χ3n) is 6.14. The molecule has 24 heavy (non-hydrogen) atoms. The van der Waals surface area contributed by atoms with Crippen molar-refractivity contribution >= 4 is 0 Å². The summed E-state index contributed by atoms with van der Waals surface area (Å²) in [4.78, 5) is 0. The van der Waals surface area contributed by atoms with Gasteiger partial charge in [-0.3, -0.25) is 0 Å². The van der Waals surface area contributed by atoms with Crippen molar-refractivity contribution in [3.05, 3.63) is 35.9 Å². The lowest BCUT2D eigenvalue weighted by Gasteiger charge is -2.38. The van der Waals surface area contributed by atoms with E-state index in [4.69, 9.17) is 0 Å². The molecule has 0 radical (unpaired) electrons. The molecular formula is C23H32O. The smallest absolute Gasteiger partial charge is 0.131 e. The van der Waals surface area contributed by atoms with Crippen LogP contribution < -0.4 is 0 Å². The first-order valence-electron chi connectivity index (χ1n) is 10.1. The van der Waals surface area contributed by atoms with Gasteiger partial charge in [0, 0.05) is 5.56 Å². The maximum atomic E-state index is 11.8. The van der Waals surface area contributed by atoms with Crippen molar-refractivity contribution in [2.75, 3.05) is 0 Å². The fourth-order valence-electron chi connectivity index (χ4n) is 4.67. The third kappa shape index (κ3) is 4.42. The van der Waals surface area contributed by atoms with Gasteiger partial charge in [0.25, 0.3) is 0 Å². The molecule has 3 rings (SSSR count). The van der Waals surface area contributed by atoms with Crippen molar-refractivity contribution in [1.29, 1.82) is 0 Å². The molecule has 0 spiro atoms. The fraction of sp³-hybridized carbons (Fsp3) is 0.652. The number of benzene rings is 1. The molecule has 2 fully saturated rings. The van der Waals surface area contributed by atoms with E-state index in [1.807, 2.05) is 30.3 Å². The van der Waals surface area contributed by atoms with Gasteiger partial charge < -0.3 is 5.11 Å². The molecule has 1 N–H and O–H groups in total. The Morgan fingerprint density at radius 1 is 0.708 bits per heavy atom. The van der Waals surface area contributed by atoms with Crippen LogP contribution in [0.3, 0.4) is 0 Å². The van der Waals surface area contributed by atoms with Crippen LogP contribution in [0.25, 0.3) is 0 Å². The molecule has 1 heteroatoms. The summed E-state index contributed by atoms with van der Waals surface area (Å²) in [5.41, 5.74) is 0.239. The molecule has 1 aromatic carbocycles. The zero-order chi connectivity index (χ0) is 16.7. The van der Waals surface area contributed by atoms with Crippen molar-refractivity contribution in [3.8, 4) is 11.8 Å². The Morgan fingerprint density at radius 2 is 1.17 bits per heavy atom. The van der Waals surface area contributed by atoms with Crippen molar-refractivity contribution < 1.29 is 5.11 Å². The zero-order valence-electron chi connectivity index (χ0n) is 15.0. The van der Waals surface area contributed by atoms with Gasteiger partial charge in [-0.15, -0.1) is 0 Å². The third-order valence-corrected chi connectivity index (χ3v) is 6.14. The lowest BCUT2D eigenvalue weighted by atomic mass is 9.71. The maximum absolute atomic E-state index is 11.8. The van der Waals surface area contributed by atoms with Gasteiger partial charge in [0.1, 0.15) is 5.60 Å². The zero-order valence-corrected chi connectivity index (χ0v) is 15.0. The standard InChI is InChI=1S/C23H32O/c24-23(21-14-8-1-2-9-15-21,22-16-10-3-4-11-17-22)19-18-20-12-6-5-7-13-20/h5-7,12-13,21-22,24H,1-4,8-11,14-17H2. The predicted molar refractivity (Wildman–Crippen MR) is 101 cm³/mol. The van der Waals surface area contributed by atoms with Gasteiger partial charge in [-0.1, -0.05) is 81.4 Å². The second-order valence-electron chi connectivity index (χ2n) is 7.82. The first-order chi connectivity index (χ1) is 11.8. The molecule has 0 unspecified atom stereocenters. The van der Waals surface area contributed by atoms with E-state index in [1.54, 1.807) is 0 Å². The summed E-state index contributed by atoms with van der Waals surface area (Å²) in [5, 5.41) is 11.8. The van der Waals surface area contributed by atoms with Crippen molar-refractivity contribution in [2.24, 2.45) is 11.8 Å². The molecule has 130 valence electrons. The minimum absolute atomic E-state index is 0.360. The average Bonchev–Trinajstić information content (AvgIpc) is 3.06. The van der Waals surface area contributed by atoms with E-state index in [-0.39, 0.29) is 0 Å². The first-order valence-corrected chi connectivity index (χ1v) is 10.1. The van der Waals surface area contributed by atoms with Crippen LogP contribution in [0, 0.1) is 23.7 Å². The van der Waals surface area contributed by atoms with Crippen LogP contribution in [0.15, 0.2) is 30.3 Å². The number of hydrogen-bond acceptors (Lipinski definition) is 1. The molecule has 0 aromatic heterocycles. The molecule has 2 aliphatic carbocycles. The monoisotopic (exact) mass is 324 g/mol. The lowest BCUT2D eigenvalue weighted by molar-refractivity contribution is -0.0289. The Labute approximate surface area is 147 Å². The lowest BCUT2D eigenvalue weighted by Crippen LogP contribution is -2.44. The van der Waals surface area contributed by atoms with Crippen LogP contribution in [-0.4, -0.2) is 10.7 Å². The summed E-state index contributed by atoms with van der Waals surface area (Å²) < 4.78 is 0. The quantitative estimate of drug-likeness (QED) is 0.545. The van der Waals surface area contributed by atoms with E-state index >= 15 is 0 Å². The molecule has 0 bridgehead atoms. The highest BCUT2D eigenvalue weighted by Crippen LogP contribution is 2.41. The highest BCUT2D eigenvalue weighted by Gasteiger charge is 2.42. The van der Waals surface area contributed by atoms with Crippen LogP contribution in [0.5, 0.6) is 0 Å². The van der Waals surface area contributed by atoms with E-state index < -0.39 is 5.60 Å². The van der Waals surface area contributed by atoms with Gasteiger partial charge in [-0.25, -0.2) is 0 Å². The second-order valence-corrected chi connectivity index (χ2v) is 7.82. The van der Waals surface area contributed by atoms with Crippen molar-refractivity contribution in [2.45, 2.75) is 82.7 Å². The van der Waals surface area contributed by atoms with E-state index in [0.29, 0.717) is 11.8 Å². The Morgan fingerprint density at radius 3 is 1.62 bits per heavy atom. The molecule has 1 nitrogen and oxygen atoms in total. The Hall–Kier alpha value is -1.26. The van der Waals surface area contributed by atoms with Crippen LogP contribution in [0.4, 0.5) is 0 Å². The molecule has 2 saturated carbocycles. The summed E-state index contributed by atoms with van der Waals surface area (Å²) in [6.07, 6.45) is 14.9. The minimum Gasteiger partial charge on any atom is -0.377 e. The highest BCUT2D eigenvalue weighted by molar-refractivity contribution is 5.36. The van der Waals surface area contributed by atoms with E-state index in [9.17, 15) is 5.11 Å². The van der Waals surface area contributed by atoms with Crippen LogP contribution >= 0.6 is 0 Å². The summed E-state index contributed by atoms with van der Waals surface area (Å²) in [6.45, 7) is 0. The normalized spacial score (nSPS) is 21.4. The topological polar surface area (TPSA) is 20.2 Å². The van der Waals surface area contributed by atoms with E-state index in [2.05, 4.69) is 11.8 Å². The maximum Gasteiger partial charge on any atom is 0.131 e. The molecule has 0 saturated heterocycles. The molecule has 2 aliphatic rings. The molecule has 0 amide bonds. The first kappa shape index (κ1) is 17.6. The van der Waals surface area contributed by atoms with Crippen molar-refractivity contribution in [1.82, 2.24) is 0 Å². The molecule has 0 heterocycles. The van der Waals surface area contributed by atoms with Crippen molar-refractivity contribution in [3.63, 3.8) is 0 Å². The second kappa shape index (κ2) is 8.72. The Bertz CT molecular complexity index is 514. The van der Waals surface area contributed by atoms with Crippen LogP contribution in [-0.2, 0) is 0 Å². The van der Waals surface area contributed by atoms with Gasteiger partial charge >= 0.3 is 0 Å². The molecular weight excluding hydrogens is 292 g/mol. The van der Waals surface area contributed by atoms with Gasteiger partial charge in [-0.2, -0.15) is 0 Å². The molecule has 0 aliphatic heterocycles. The highest BCUT2D eigenvalue weighted by atomic mass is 16.3. The van der Waals surface area contributed by atoms with Gasteiger partial charge in [0.15, 0.2) is 0 Å². The number of hydrogen-bond donors (Lipinski definition) is 1. The number of aliphatic hydroxyl groups is 1. The largest absolute Gasteiger partial charge is 0.377 e. The average molecular weight is 325 g/mol. The summed E-state index contributed by atoms with van der Waals surface area (Å²) in [7, 11) is 0. The van der Waals surface area contributed by atoms with Gasteiger partial charge in [0.05, 0.1) is 0 Å².